The van der Waals surface area contributed by atoms with Gasteiger partial charge in [0.05, 0.1) is 4.92 Å². The molecule has 0 radical (unpaired) electrons. The molecule has 3 fully saturated rings. The van der Waals surface area contributed by atoms with E-state index in [2.05, 4.69) is 4.90 Å². The molecule has 3 aliphatic rings. The van der Waals surface area contributed by atoms with Crippen molar-refractivity contribution in [3.05, 3.63) is 34.4 Å². The second-order valence-electron chi connectivity index (χ2n) is 7.98. The van der Waals surface area contributed by atoms with Gasteiger partial charge in [-0.1, -0.05) is 6.42 Å². The minimum atomic E-state index is -0.398. The van der Waals surface area contributed by atoms with Gasteiger partial charge >= 0.3 is 0 Å². The van der Waals surface area contributed by atoms with Crippen molar-refractivity contribution < 1.29 is 14.5 Å². The van der Waals surface area contributed by atoms with Crippen LogP contribution in [-0.4, -0.2) is 47.7 Å². The van der Waals surface area contributed by atoms with Crippen molar-refractivity contribution in [2.45, 2.75) is 32.1 Å². The fourth-order valence-corrected chi connectivity index (χ4v) is 4.91. The molecule has 1 aromatic carbocycles. The van der Waals surface area contributed by atoms with E-state index in [1.807, 2.05) is 4.90 Å². The Bertz CT molecular complexity index is 724. The zero-order valence-corrected chi connectivity index (χ0v) is 15.4. The van der Waals surface area contributed by atoms with Crippen molar-refractivity contribution in [2.75, 3.05) is 31.1 Å². The molecule has 0 N–H and O–H groups in total. The predicted molar refractivity (Wildman–Crippen MR) is 100 cm³/mol. The molecule has 1 heterocycles. The smallest absolute Gasteiger partial charge is 0.269 e. The summed E-state index contributed by atoms with van der Waals surface area (Å²) < 4.78 is 0. The van der Waals surface area contributed by atoms with Crippen molar-refractivity contribution in [2.24, 2.45) is 17.8 Å². The Morgan fingerprint density at radius 2 is 1.59 bits per heavy atom. The fraction of sp³-hybridized carbons (Fsp3) is 0.600. The number of amides is 1. The van der Waals surface area contributed by atoms with Crippen LogP contribution < -0.4 is 4.90 Å². The van der Waals surface area contributed by atoms with Crippen molar-refractivity contribution in [3.63, 3.8) is 0 Å². The lowest BCUT2D eigenvalue weighted by molar-refractivity contribution is -0.384. The number of carbonyl (C=O) groups is 2. The summed E-state index contributed by atoms with van der Waals surface area (Å²) in [5.74, 6) is 0.820. The maximum atomic E-state index is 13.0. The molecular formula is C20H25N3O4. The number of hydrogen-bond donors (Lipinski definition) is 0. The van der Waals surface area contributed by atoms with E-state index >= 15 is 0 Å². The highest BCUT2D eigenvalue weighted by Gasteiger charge is 2.42. The van der Waals surface area contributed by atoms with Crippen molar-refractivity contribution in [3.8, 4) is 0 Å². The molecule has 7 heteroatoms. The molecule has 2 saturated carbocycles. The Morgan fingerprint density at radius 1 is 1.00 bits per heavy atom. The molecule has 144 valence electrons. The van der Waals surface area contributed by atoms with Gasteiger partial charge in [-0.2, -0.15) is 0 Å². The summed E-state index contributed by atoms with van der Waals surface area (Å²) >= 11 is 0. The van der Waals surface area contributed by atoms with E-state index in [-0.39, 0.29) is 29.3 Å². The lowest BCUT2D eigenvalue weighted by Crippen LogP contribution is -2.52. The Morgan fingerprint density at radius 3 is 2.15 bits per heavy atom. The molecular weight excluding hydrogens is 346 g/mol. The van der Waals surface area contributed by atoms with Gasteiger partial charge in [-0.3, -0.25) is 19.7 Å². The van der Waals surface area contributed by atoms with Crippen molar-refractivity contribution in [1.29, 1.82) is 0 Å². The average molecular weight is 371 g/mol. The van der Waals surface area contributed by atoms with Crippen LogP contribution in [0, 0.1) is 27.9 Å². The quantitative estimate of drug-likeness (QED) is 0.602. The van der Waals surface area contributed by atoms with Crippen LogP contribution in [0.5, 0.6) is 0 Å². The standard InChI is InChI=1S/C20H25N3O4/c24-19-14-2-1-3-15(19)13-16(12-14)20(25)22-10-8-21(9-11-22)17-4-6-18(7-5-17)23(26)27/h4-7,14-16H,1-3,8-13H2/t14-,15-/m0/s1. The molecule has 1 aliphatic heterocycles. The Balaban J connectivity index is 1.34. The number of nitro benzene ring substituents is 1. The number of carbonyl (C=O) groups excluding carboxylic acids is 2. The molecule has 1 aromatic rings. The first kappa shape index (κ1) is 17.9. The average Bonchev–Trinajstić information content (AvgIpc) is 2.67. The van der Waals surface area contributed by atoms with Crippen LogP contribution in [0.2, 0.25) is 0 Å². The highest BCUT2D eigenvalue weighted by Crippen LogP contribution is 2.40. The van der Waals surface area contributed by atoms with Gasteiger partial charge < -0.3 is 9.80 Å². The first-order valence-electron chi connectivity index (χ1n) is 9.85. The number of fused-ring (bicyclic) bond motifs is 2. The predicted octanol–water partition coefficient (Wildman–Crippen LogP) is 2.64. The van der Waals surface area contributed by atoms with Crippen LogP contribution in [0.3, 0.4) is 0 Å². The number of rotatable bonds is 3. The summed E-state index contributed by atoms with van der Waals surface area (Å²) in [7, 11) is 0. The van der Waals surface area contributed by atoms with Gasteiger partial charge in [-0.05, 0) is 37.8 Å². The summed E-state index contributed by atoms with van der Waals surface area (Å²) in [6.07, 6.45) is 4.49. The van der Waals surface area contributed by atoms with E-state index in [4.69, 9.17) is 0 Å². The number of non-ortho nitro benzene ring substituents is 1. The van der Waals surface area contributed by atoms with Crippen LogP contribution in [0.1, 0.15) is 32.1 Å². The number of anilines is 1. The number of hydrogen-bond acceptors (Lipinski definition) is 5. The zero-order chi connectivity index (χ0) is 19.0. The molecule has 1 saturated heterocycles. The minimum absolute atomic E-state index is 0.00363. The minimum Gasteiger partial charge on any atom is -0.368 e. The number of ketones is 1. The van der Waals surface area contributed by atoms with Crippen molar-refractivity contribution >= 4 is 23.1 Å². The summed E-state index contributed by atoms with van der Waals surface area (Å²) in [5.41, 5.74) is 1.04. The second-order valence-corrected chi connectivity index (χ2v) is 7.98. The molecule has 0 aromatic heterocycles. The number of nitrogens with zero attached hydrogens (tertiary/aromatic N) is 3. The number of Topliss-reactive ketones (excluding diaryl/α,β-unsaturated/α-hetero) is 1. The fourth-order valence-electron chi connectivity index (χ4n) is 4.91. The van der Waals surface area contributed by atoms with Crippen LogP contribution in [-0.2, 0) is 9.59 Å². The zero-order valence-electron chi connectivity index (χ0n) is 15.4. The van der Waals surface area contributed by atoms with Crippen LogP contribution in [0.15, 0.2) is 24.3 Å². The summed E-state index contributed by atoms with van der Waals surface area (Å²) in [6, 6.07) is 6.57. The highest BCUT2D eigenvalue weighted by atomic mass is 16.6. The molecule has 4 rings (SSSR count). The molecule has 2 bridgehead atoms. The van der Waals surface area contributed by atoms with Gasteiger partial charge in [0.15, 0.2) is 0 Å². The van der Waals surface area contributed by atoms with Gasteiger partial charge in [0.1, 0.15) is 5.78 Å². The SMILES string of the molecule is O=C1[C@H]2CCC[C@H]1CC(C(=O)N1CCN(c3ccc([N+](=O)[O-])cc3)CC1)C2. The summed E-state index contributed by atoms with van der Waals surface area (Å²) in [5, 5.41) is 10.8. The van der Waals surface area contributed by atoms with E-state index in [0.29, 0.717) is 18.9 Å². The third-order valence-corrected chi connectivity index (χ3v) is 6.41. The van der Waals surface area contributed by atoms with E-state index < -0.39 is 4.92 Å². The van der Waals surface area contributed by atoms with Gasteiger partial charge in [-0.25, -0.2) is 0 Å². The summed E-state index contributed by atoms with van der Waals surface area (Å²) in [6.45, 7) is 2.77. The normalized spacial score (nSPS) is 28.1. The Hall–Kier alpha value is -2.44. The van der Waals surface area contributed by atoms with Crippen molar-refractivity contribution in [1.82, 2.24) is 4.90 Å². The molecule has 1 amide bonds. The van der Waals surface area contributed by atoms with Crippen LogP contribution in [0.4, 0.5) is 11.4 Å². The lowest BCUT2D eigenvalue weighted by atomic mass is 9.67. The second kappa shape index (κ2) is 7.29. The first-order valence-corrected chi connectivity index (χ1v) is 9.85. The Kier molecular flexibility index (Phi) is 4.85. The van der Waals surface area contributed by atoms with E-state index in [9.17, 15) is 19.7 Å². The highest BCUT2D eigenvalue weighted by molar-refractivity contribution is 5.88. The first-order chi connectivity index (χ1) is 13.0. The molecule has 0 spiro atoms. The third-order valence-electron chi connectivity index (χ3n) is 6.41. The maximum Gasteiger partial charge on any atom is 0.269 e. The van der Waals surface area contributed by atoms with Gasteiger partial charge in [0.2, 0.25) is 5.91 Å². The van der Waals surface area contributed by atoms with Crippen LogP contribution >= 0.6 is 0 Å². The largest absolute Gasteiger partial charge is 0.368 e. The Labute approximate surface area is 158 Å². The number of benzene rings is 1. The maximum absolute atomic E-state index is 13.0. The van der Waals surface area contributed by atoms with E-state index in [1.54, 1.807) is 12.1 Å². The van der Waals surface area contributed by atoms with Gasteiger partial charge in [0, 0.05) is 61.8 Å². The van der Waals surface area contributed by atoms with E-state index in [1.165, 1.54) is 12.1 Å². The molecule has 0 unspecified atom stereocenters. The third kappa shape index (κ3) is 3.55. The van der Waals surface area contributed by atoms with E-state index in [0.717, 1.165) is 50.9 Å². The van der Waals surface area contributed by atoms with Gasteiger partial charge in [0.25, 0.3) is 5.69 Å². The number of nitro groups is 1. The monoisotopic (exact) mass is 371 g/mol. The molecule has 2 atom stereocenters. The topological polar surface area (TPSA) is 83.8 Å². The van der Waals surface area contributed by atoms with Gasteiger partial charge in [-0.15, -0.1) is 0 Å². The van der Waals surface area contributed by atoms with Crippen LogP contribution in [0.25, 0.3) is 0 Å². The molecule has 2 aliphatic carbocycles. The molecule has 27 heavy (non-hydrogen) atoms. The summed E-state index contributed by atoms with van der Waals surface area (Å²) in [4.78, 5) is 39.7. The number of piperazine rings is 1. The molecule has 7 nitrogen and oxygen atoms in total. The lowest BCUT2D eigenvalue weighted by Gasteiger charge is -2.41.